The Labute approximate surface area is 180 Å². The van der Waals surface area contributed by atoms with Crippen molar-refractivity contribution in [3.8, 4) is 17.2 Å². The zero-order valence-corrected chi connectivity index (χ0v) is 17.6. The van der Waals surface area contributed by atoms with E-state index in [9.17, 15) is 9.59 Å². The van der Waals surface area contributed by atoms with Crippen LogP contribution in [0.2, 0.25) is 0 Å². The molecule has 31 heavy (non-hydrogen) atoms. The van der Waals surface area contributed by atoms with Gasteiger partial charge in [0, 0.05) is 29.4 Å². The molecule has 3 aromatic carbocycles. The fourth-order valence-corrected chi connectivity index (χ4v) is 2.95. The van der Waals surface area contributed by atoms with Gasteiger partial charge >= 0.3 is 0 Å². The lowest BCUT2D eigenvalue weighted by atomic mass is 10.1. The van der Waals surface area contributed by atoms with E-state index in [4.69, 9.17) is 14.2 Å². The van der Waals surface area contributed by atoms with Crippen molar-refractivity contribution in [2.75, 3.05) is 24.9 Å². The summed E-state index contributed by atoms with van der Waals surface area (Å²) >= 11 is 0. The van der Waals surface area contributed by atoms with Crippen LogP contribution in [-0.4, -0.2) is 26.0 Å². The molecule has 0 fully saturated rings. The Morgan fingerprint density at radius 3 is 2.13 bits per heavy atom. The summed E-state index contributed by atoms with van der Waals surface area (Å²) in [5.74, 6) is 1.57. The zero-order chi connectivity index (χ0) is 22.2. The quantitative estimate of drug-likeness (QED) is 0.561. The molecule has 0 aromatic heterocycles. The normalized spacial score (nSPS) is 10.2. The molecule has 0 spiro atoms. The van der Waals surface area contributed by atoms with Crippen LogP contribution in [-0.2, 0) is 11.4 Å². The highest BCUT2D eigenvalue weighted by Crippen LogP contribution is 2.24. The summed E-state index contributed by atoms with van der Waals surface area (Å²) in [7, 11) is 3.17. The third-order valence-electron chi connectivity index (χ3n) is 4.44. The zero-order valence-electron chi connectivity index (χ0n) is 17.6. The van der Waals surface area contributed by atoms with Crippen LogP contribution in [0.4, 0.5) is 11.4 Å². The summed E-state index contributed by atoms with van der Waals surface area (Å²) < 4.78 is 16.4. The lowest BCUT2D eigenvalue weighted by Gasteiger charge is -2.13. The van der Waals surface area contributed by atoms with Crippen molar-refractivity contribution < 1.29 is 23.8 Å². The first-order valence-electron chi connectivity index (χ1n) is 9.61. The lowest BCUT2D eigenvalue weighted by Crippen LogP contribution is -2.13. The predicted octanol–water partition coefficient (Wildman–Crippen LogP) is 4.49. The number of nitrogens with one attached hydrogen (secondary N) is 2. The average Bonchev–Trinajstić information content (AvgIpc) is 2.77. The molecule has 3 aromatic rings. The minimum atomic E-state index is -0.284. The maximum Gasteiger partial charge on any atom is 0.255 e. The number of methoxy groups -OCH3 is 2. The number of rotatable bonds is 8. The van der Waals surface area contributed by atoms with E-state index < -0.39 is 0 Å². The Hall–Kier alpha value is -4.00. The first kappa shape index (κ1) is 21.7. The van der Waals surface area contributed by atoms with Gasteiger partial charge in [0.25, 0.3) is 5.91 Å². The van der Waals surface area contributed by atoms with Gasteiger partial charge in [-0.3, -0.25) is 9.59 Å². The van der Waals surface area contributed by atoms with E-state index in [2.05, 4.69) is 10.6 Å². The highest BCUT2D eigenvalue weighted by Gasteiger charge is 2.12. The molecular formula is C24H24N2O5. The summed E-state index contributed by atoms with van der Waals surface area (Å²) in [4.78, 5) is 24.0. The number of anilines is 2. The second-order valence-electron chi connectivity index (χ2n) is 6.71. The van der Waals surface area contributed by atoms with E-state index in [1.807, 2.05) is 24.3 Å². The van der Waals surface area contributed by atoms with Crippen LogP contribution in [0, 0.1) is 0 Å². The second-order valence-corrected chi connectivity index (χ2v) is 6.71. The van der Waals surface area contributed by atoms with Gasteiger partial charge in [0.15, 0.2) is 0 Å². The largest absolute Gasteiger partial charge is 0.497 e. The monoisotopic (exact) mass is 420 g/mol. The molecule has 3 rings (SSSR count). The summed E-state index contributed by atoms with van der Waals surface area (Å²) in [6.45, 7) is 1.66. The highest BCUT2D eigenvalue weighted by atomic mass is 16.5. The number of hydrogen-bond acceptors (Lipinski definition) is 5. The maximum atomic E-state index is 12.8. The number of ether oxygens (including phenoxy) is 3. The van der Waals surface area contributed by atoms with Crippen molar-refractivity contribution in [2.45, 2.75) is 13.5 Å². The van der Waals surface area contributed by atoms with Gasteiger partial charge in [0.2, 0.25) is 5.91 Å². The molecule has 0 bridgehead atoms. The smallest absolute Gasteiger partial charge is 0.255 e. The van der Waals surface area contributed by atoms with Crippen LogP contribution in [0.15, 0.2) is 66.7 Å². The molecule has 0 aliphatic carbocycles. The van der Waals surface area contributed by atoms with Crippen LogP contribution in [0.1, 0.15) is 22.8 Å². The van der Waals surface area contributed by atoms with Gasteiger partial charge in [0.05, 0.1) is 14.2 Å². The molecule has 7 nitrogen and oxygen atoms in total. The molecule has 0 aliphatic rings. The van der Waals surface area contributed by atoms with Gasteiger partial charge in [-0.25, -0.2) is 0 Å². The molecule has 0 saturated carbocycles. The van der Waals surface area contributed by atoms with Gasteiger partial charge in [-0.1, -0.05) is 6.07 Å². The number of amides is 2. The summed E-state index contributed by atoms with van der Waals surface area (Å²) in [5, 5.41) is 5.53. The first-order valence-corrected chi connectivity index (χ1v) is 9.61. The number of carbonyl (C=O) groups is 2. The maximum absolute atomic E-state index is 12.8. The molecule has 2 N–H and O–H groups in total. The molecule has 160 valence electrons. The van der Waals surface area contributed by atoms with Crippen molar-refractivity contribution in [1.29, 1.82) is 0 Å². The van der Waals surface area contributed by atoms with Crippen molar-refractivity contribution in [2.24, 2.45) is 0 Å². The molecule has 0 heterocycles. The molecule has 0 radical (unpaired) electrons. The Bertz CT molecular complexity index is 1060. The predicted molar refractivity (Wildman–Crippen MR) is 119 cm³/mol. The fraction of sp³-hybridized carbons (Fsp3) is 0.167. The van der Waals surface area contributed by atoms with E-state index >= 15 is 0 Å². The van der Waals surface area contributed by atoms with Crippen molar-refractivity contribution in [3.05, 3.63) is 77.9 Å². The Kier molecular flexibility index (Phi) is 7.11. The van der Waals surface area contributed by atoms with Crippen molar-refractivity contribution >= 4 is 23.2 Å². The Morgan fingerprint density at radius 1 is 0.806 bits per heavy atom. The van der Waals surface area contributed by atoms with Crippen molar-refractivity contribution in [3.63, 3.8) is 0 Å². The lowest BCUT2D eigenvalue weighted by molar-refractivity contribution is -0.114. The molecule has 2 amide bonds. The van der Waals surface area contributed by atoms with Gasteiger partial charge in [-0.15, -0.1) is 0 Å². The molecule has 0 saturated heterocycles. The topological polar surface area (TPSA) is 85.9 Å². The van der Waals surface area contributed by atoms with Gasteiger partial charge in [-0.05, 0) is 60.7 Å². The highest BCUT2D eigenvalue weighted by molar-refractivity contribution is 6.05. The van der Waals surface area contributed by atoms with E-state index in [0.29, 0.717) is 28.4 Å². The number of benzene rings is 3. The summed E-state index contributed by atoms with van der Waals surface area (Å²) in [6, 6.07) is 19.3. The van der Waals surface area contributed by atoms with E-state index in [0.717, 1.165) is 11.3 Å². The third-order valence-corrected chi connectivity index (χ3v) is 4.44. The molecule has 0 unspecified atom stereocenters. The van der Waals surface area contributed by atoms with E-state index in [1.165, 1.54) is 6.92 Å². The first-order chi connectivity index (χ1) is 15.0. The minimum Gasteiger partial charge on any atom is -0.497 e. The third kappa shape index (κ3) is 5.99. The van der Waals surface area contributed by atoms with Crippen LogP contribution in [0.5, 0.6) is 17.2 Å². The molecule has 0 atom stereocenters. The molecule has 0 aliphatic heterocycles. The van der Waals surface area contributed by atoms with Gasteiger partial charge in [0.1, 0.15) is 23.9 Å². The molecular weight excluding hydrogens is 396 g/mol. The van der Waals surface area contributed by atoms with Gasteiger partial charge in [-0.2, -0.15) is 0 Å². The standard InChI is InChI=1S/C24H24N2O5/c1-16(27)25-19-5-4-6-20(14-19)26-24(28)17-7-12-23(30-3)18(13-17)15-31-22-10-8-21(29-2)9-11-22/h4-14H,15H2,1-3H3,(H,25,27)(H,26,28). The van der Waals surface area contributed by atoms with Crippen LogP contribution in [0.3, 0.4) is 0 Å². The van der Waals surface area contributed by atoms with Crippen molar-refractivity contribution in [1.82, 2.24) is 0 Å². The average molecular weight is 420 g/mol. The van der Waals surface area contributed by atoms with Gasteiger partial charge < -0.3 is 24.8 Å². The SMILES string of the molecule is COc1ccc(OCc2cc(C(=O)Nc3cccc(NC(C)=O)c3)ccc2OC)cc1. The summed E-state index contributed by atoms with van der Waals surface area (Å²) in [6.07, 6.45) is 0. The van der Waals surface area contributed by atoms with Crippen LogP contribution < -0.4 is 24.8 Å². The second kappa shape index (κ2) is 10.2. The van der Waals surface area contributed by atoms with Crippen LogP contribution >= 0.6 is 0 Å². The van der Waals surface area contributed by atoms with E-state index in [1.54, 1.807) is 56.7 Å². The molecule has 7 heteroatoms. The Morgan fingerprint density at radius 2 is 1.48 bits per heavy atom. The Balaban J connectivity index is 1.72. The number of hydrogen-bond donors (Lipinski definition) is 2. The van der Waals surface area contributed by atoms with Crippen LogP contribution in [0.25, 0.3) is 0 Å². The number of carbonyl (C=O) groups excluding carboxylic acids is 2. The minimum absolute atomic E-state index is 0.180. The fourth-order valence-electron chi connectivity index (χ4n) is 2.95. The van der Waals surface area contributed by atoms with E-state index in [-0.39, 0.29) is 18.4 Å². The summed E-state index contributed by atoms with van der Waals surface area (Å²) in [5.41, 5.74) is 2.37.